The summed E-state index contributed by atoms with van der Waals surface area (Å²) in [5, 5.41) is 13.4. The maximum Gasteiger partial charge on any atom is 0.0725 e. The van der Waals surface area contributed by atoms with Crippen molar-refractivity contribution in [2.75, 3.05) is 0 Å². The van der Waals surface area contributed by atoms with Crippen LogP contribution in [0.15, 0.2) is 315 Å². The predicted octanol–water partition coefficient (Wildman–Crippen LogP) is 26.6. The Hall–Kier alpha value is -11.2. The van der Waals surface area contributed by atoms with Gasteiger partial charge in [0.2, 0.25) is 0 Å². The first-order valence-corrected chi connectivity index (χ1v) is 34.2. The molecule has 0 heterocycles. The molecular weight excluding hydrogens is 1170 g/mol. The van der Waals surface area contributed by atoms with Crippen LogP contribution in [0.4, 0.5) is 0 Å². The van der Waals surface area contributed by atoms with Crippen LogP contribution in [0.5, 0.6) is 0 Å². The average molecular weight is 1250 g/mol. The Morgan fingerprint density at radius 1 is 0.155 bits per heavy atom. The van der Waals surface area contributed by atoms with Crippen LogP contribution < -0.4 is 0 Å². The number of hydrogen-bond donors (Lipinski definition) is 0. The zero-order chi connectivity index (χ0) is 66.9. The fourth-order valence-electron chi connectivity index (χ4n) is 15.2. The molecule has 16 aromatic carbocycles. The Labute approximate surface area is 573 Å². The molecule has 0 aliphatic heterocycles. The molecule has 0 N–H and O–H groups in total. The van der Waals surface area contributed by atoms with E-state index in [4.69, 9.17) is 0 Å². The summed E-state index contributed by atoms with van der Waals surface area (Å²) in [4.78, 5) is 0. The van der Waals surface area contributed by atoms with Crippen molar-refractivity contribution in [3.05, 3.63) is 393 Å². The van der Waals surface area contributed by atoms with Gasteiger partial charge < -0.3 is 0 Å². The van der Waals surface area contributed by atoms with Gasteiger partial charge in [0.05, 0.1) is 5.41 Å². The lowest BCUT2D eigenvalue weighted by atomic mass is 9.70. The van der Waals surface area contributed by atoms with Crippen LogP contribution in [0.1, 0.15) is 77.9 Å². The molecule has 0 heteroatoms. The molecule has 0 fully saturated rings. The van der Waals surface area contributed by atoms with Gasteiger partial charge >= 0.3 is 0 Å². The van der Waals surface area contributed by atoms with Crippen molar-refractivity contribution in [2.45, 2.75) is 74.7 Å². The summed E-state index contributed by atoms with van der Waals surface area (Å²) in [6.07, 6.45) is 0. The Kier molecular flexibility index (Phi) is 17.5. The Bertz CT molecular complexity index is 5270. The second kappa shape index (κ2) is 26.9. The molecular formula is C97H82. The van der Waals surface area contributed by atoms with E-state index in [-0.39, 0.29) is 5.41 Å². The molecule has 0 aromatic heterocycles. The third-order valence-electron chi connectivity index (χ3n) is 20.3. The van der Waals surface area contributed by atoms with Crippen molar-refractivity contribution < 1.29 is 0 Å². The molecule has 0 unspecified atom stereocenters. The van der Waals surface area contributed by atoms with Gasteiger partial charge in [-0.15, -0.1) is 0 Å². The molecule has 18 rings (SSSR count). The van der Waals surface area contributed by atoms with Gasteiger partial charge in [-0.2, -0.15) is 0 Å². The van der Waals surface area contributed by atoms with E-state index in [9.17, 15) is 0 Å². The first-order valence-electron chi connectivity index (χ1n) is 34.2. The molecule has 0 radical (unpaired) electrons. The van der Waals surface area contributed by atoms with Crippen molar-refractivity contribution in [2.24, 2.45) is 0 Å². The minimum Gasteiger partial charge on any atom is -0.0619 e. The van der Waals surface area contributed by atoms with E-state index in [1.165, 1.54) is 187 Å². The van der Waals surface area contributed by atoms with Gasteiger partial charge in [-0.25, -0.2) is 0 Å². The summed E-state index contributed by atoms with van der Waals surface area (Å²) in [5.74, 6) is 0. The van der Waals surface area contributed by atoms with Crippen LogP contribution in [0.2, 0.25) is 0 Å². The van der Waals surface area contributed by atoms with Gasteiger partial charge in [-0.1, -0.05) is 338 Å². The molecule has 0 bridgehead atoms. The zero-order valence-corrected chi connectivity index (χ0v) is 57.5. The molecule has 0 atom stereocenters. The van der Waals surface area contributed by atoms with Crippen molar-refractivity contribution in [3.8, 4) is 55.6 Å². The maximum absolute atomic E-state index is 2.41. The second-order valence-electron chi connectivity index (χ2n) is 26.8. The molecule has 2 aliphatic rings. The molecule has 97 heavy (non-hydrogen) atoms. The van der Waals surface area contributed by atoms with Gasteiger partial charge in [0.15, 0.2) is 0 Å². The van der Waals surface area contributed by atoms with Crippen LogP contribution in [-0.2, 0) is 5.41 Å². The normalized spacial score (nSPS) is 11.9. The number of aryl methyl sites for hydroxylation is 10. The van der Waals surface area contributed by atoms with Gasteiger partial charge in [-0.05, 0) is 234 Å². The van der Waals surface area contributed by atoms with E-state index in [2.05, 4.69) is 385 Å². The first-order chi connectivity index (χ1) is 47.3. The van der Waals surface area contributed by atoms with Gasteiger partial charge in [0, 0.05) is 0 Å². The summed E-state index contributed by atoms with van der Waals surface area (Å²) in [6.45, 7) is 21.7. The van der Waals surface area contributed by atoms with E-state index in [0.29, 0.717) is 0 Å². The topological polar surface area (TPSA) is 0 Å². The molecule has 1 spiro atoms. The Balaban J connectivity index is 0.000000106. The fourth-order valence-corrected chi connectivity index (χ4v) is 15.2. The highest BCUT2D eigenvalue weighted by Gasteiger charge is 2.51. The van der Waals surface area contributed by atoms with Gasteiger partial charge in [0.1, 0.15) is 0 Å². The highest BCUT2D eigenvalue weighted by Crippen LogP contribution is 2.63. The van der Waals surface area contributed by atoms with E-state index >= 15 is 0 Å². The molecule has 0 amide bonds. The third-order valence-corrected chi connectivity index (χ3v) is 20.3. The maximum atomic E-state index is 2.41. The van der Waals surface area contributed by atoms with E-state index in [1.807, 2.05) is 0 Å². The van der Waals surface area contributed by atoms with Crippen LogP contribution in [0.3, 0.4) is 0 Å². The molecule has 2 aliphatic carbocycles. The average Bonchev–Trinajstić information content (AvgIpc) is 1.51. The standard InChI is InChI=1S/C27H20.C22H18.2C18H16.C12H12/c1-17-11-13-21-22-14-12-18(2)16-26(22)27(25(21)15-17)23-9-5-3-7-19(23)20-8-4-6-10-24(20)27;1-15-11-13-21(19-9-5-3-7-17(15)19)22-14-12-16(2)18-8-4-6-10-20(18)22;2*1-13-7-10-15(11-8-13)17-12-9-14(2)16-5-3-4-6-18(16)17;1-9-7-8-10(2)12-6-4-3-5-11(9)12/h3-16H,1-2H3;3-14H,1-2H3;2*3-12H,1-2H3;3-8H,1-2H3. The minimum absolute atomic E-state index is 0.199. The summed E-state index contributed by atoms with van der Waals surface area (Å²) in [5.41, 5.74) is 32.1. The molecule has 0 saturated heterocycles. The lowest BCUT2D eigenvalue weighted by Crippen LogP contribution is -2.26. The Morgan fingerprint density at radius 3 is 0.691 bits per heavy atom. The number of fused-ring (bicyclic) bond motifs is 15. The van der Waals surface area contributed by atoms with Crippen molar-refractivity contribution in [1.82, 2.24) is 0 Å². The Morgan fingerprint density at radius 2 is 0.371 bits per heavy atom. The highest BCUT2D eigenvalue weighted by atomic mass is 14.5. The summed E-state index contributed by atoms with van der Waals surface area (Å²) in [6, 6.07) is 115. The third kappa shape index (κ3) is 11.9. The van der Waals surface area contributed by atoms with Crippen LogP contribution in [0.25, 0.3) is 109 Å². The second-order valence-corrected chi connectivity index (χ2v) is 26.8. The minimum atomic E-state index is -0.199. The summed E-state index contributed by atoms with van der Waals surface area (Å²) < 4.78 is 0. The highest BCUT2D eigenvalue weighted by molar-refractivity contribution is 6.07. The SMILES string of the molecule is Cc1ccc(-c2ccc(C)c3ccccc23)c2ccccc12.Cc1ccc(-c2ccc(C)c3ccccc23)cc1.Cc1ccc(-c2ccc(C)c3ccccc23)cc1.Cc1ccc(C)c2ccccc12.Cc1ccc2c(c1)C1(c3ccccc3-c3ccccc31)c1cc(C)ccc1-2. The van der Waals surface area contributed by atoms with Crippen LogP contribution in [-0.4, -0.2) is 0 Å². The molecule has 16 aromatic rings. The zero-order valence-electron chi connectivity index (χ0n) is 57.5. The van der Waals surface area contributed by atoms with Crippen LogP contribution >= 0.6 is 0 Å². The largest absolute Gasteiger partial charge is 0.0725 e. The number of benzene rings is 16. The van der Waals surface area contributed by atoms with Crippen molar-refractivity contribution in [3.63, 3.8) is 0 Å². The monoisotopic (exact) mass is 1250 g/mol. The summed E-state index contributed by atoms with van der Waals surface area (Å²) in [7, 11) is 0. The van der Waals surface area contributed by atoms with E-state index in [0.717, 1.165) is 0 Å². The van der Waals surface area contributed by atoms with E-state index < -0.39 is 0 Å². The van der Waals surface area contributed by atoms with Gasteiger partial charge in [0.25, 0.3) is 0 Å². The predicted molar refractivity (Wildman–Crippen MR) is 420 cm³/mol. The smallest absolute Gasteiger partial charge is 0.0619 e. The number of rotatable bonds is 3. The molecule has 0 nitrogen and oxygen atoms in total. The van der Waals surface area contributed by atoms with Crippen LogP contribution in [0, 0.1) is 69.2 Å². The van der Waals surface area contributed by atoms with Crippen molar-refractivity contribution in [1.29, 1.82) is 0 Å². The molecule has 0 saturated carbocycles. The quantitative estimate of drug-likeness (QED) is 0.165. The lowest BCUT2D eigenvalue weighted by Gasteiger charge is -2.30. The van der Waals surface area contributed by atoms with E-state index in [1.54, 1.807) is 0 Å². The first kappa shape index (κ1) is 63.2. The fraction of sp³-hybridized carbons (Fsp3) is 0.113. The summed E-state index contributed by atoms with van der Waals surface area (Å²) >= 11 is 0. The van der Waals surface area contributed by atoms with Gasteiger partial charge in [-0.3, -0.25) is 0 Å². The molecule has 470 valence electrons. The number of hydrogen-bond acceptors (Lipinski definition) is 0. The lowest BCUT2D eigenvalue weighted by molar-refractivity contribution is 0.791. The van der Waals surface area contributed by atoms with Crippen molar-refractivity contribution >= 4 is 53.9 Å².